The van der Waals surface area contributed by atoms with Gasteiger partial charge in [0.05, 0.1) is 5.75 Å². The van der Waals surface area contributed by atoms with E-state index in [1.165, 1.54) is 19.3 Å². The van der Waals surface area contributed by atoms with Crippen LogP contribution in [0.5, 0.6) is 0 Å². The van der Waals surface area contributed by atoms with Crippen molar-refractivity contribution in [3.8, 4) is 0 Å². The number of amides is 1. The summed E-state index contributed by atoms with van der Waals surface area (Å²) in [6, 6.07) is 0.540. The largest absolute Gasteiger partial charge is 0.369 e. The zero-order valence-corrected chi connectivity index (χ0v) is 13.0. The third-order valence-electron chi connectivity index (χ3n) is 3.92. The highest BCUT2D eigenvalue weighted by Gasteiger charge is 2.35. The molecular formula is C14H28N2OS. The highest BCUT2D eigenvalue weighted by atomic mass is 32.2. The minimum atomic E-state index is -0.201. The number of primary amides is 1. The summed E-state index contributed by atoms with van der Waals surface area (Å²) in [5.41, 5.74) is 5.63. The van der Waals surface area contributed by atoms with Crippen LogP contribution in [0.15, 0.2) is 0 Å². The Labute approximate surface area is 116 Å². The summed E-state index contributed by atoms with van der Waals surface area (Å²) in [6.07, 6.45) is 3.69. The lowest BCUT2D eigenvalue weighted by molar-refractivity contribution is -0.115. The highest BCUT2D eigenvalue weighted by molar-refractivity contribution is 8.00. The summed E-state index contributed by atoms with van der Waals surface area (Å²) < 4.78 is 0. The van der Waals surface area contributed by atoms with E-state index in [1.54, 1.807) is 11.8 Å². The van der Waals surface area contributed by atoms with Crippen molar-refractivity contribution in [2.45, 2.75) is 58.2 Å². The van der Waals surface area contributed by atoms with E-state index in [1.807, 2.05) is 0 Å². The molecule has 1 amide bonds. The smallest absolute Gasteiger partial charge is 0.227 e. The van der Waals surface area contributed by atoms with Crippen LogP contribution in [-0.4, -0.2) is 29.5 Å². The second kappa shape index (κ2) is 6.80. The van der Waals surface area contributed by atoms with Gasteiger partial charge in [0.25, 0.3) is 0 Å². The van der Waals surface area contributed by atoms with Gasteiger partial charge < -0.3 is 11.1 Å². The van der Waals surface area contributed by atoms with Crippen LogP contribution in [-0.2, 0) is 4.79 Å². The Morgan fingerprint density at radius 3 is 2.56 bits per heavy atom. The maximum absolute atomic E-state index is 11.0. The van der Waals surface area contributed by atoms with E-state index < -0.39 is 0 Å². The molecule has 1 aliphatic rings. The molecule has 0 aromatic rings. The molecule has 3 unspecified atom stereocenters. The van der Waals surface area contributed by atoms with Crippen LogP contribution in [0, 0.1) is 11.3 Å². The molecule has 1 aliphatic carbocycles. The van der Waals surface area contributed by atoms with Gasteiger partial charge in [0.1, 0.15) is 0 Å². The Morgan fingerprint density at radius 2 is 2.06 bits per heavy atom. The number of carbonyl (C=O) groups excluding carboxylic acids is 1. The van der Waals surface area contributed by atoms with Crippen molar-refractivity contribution in [3.05, 3.63) is 0 Å². The molecule has 0 heterocycles. The van der Waals surface area contributed by atoms with E-state index in [9.17, 15) is 4.79 Å². The second-order valence-electron chi connectivity index (χ2n) is 6.36. The molecule has 0 spiro atoms. The van der Waals surface area contributed by atoms with Gasteiger partial charge in [-0.15, -0.1) is 11.8 Å². The number of carbonyl (C=O) groups is 1. The summed E-state index contributed by atoms with van der Waals surface area (Å²) >= 11 is 1.74. The molecule has 0 radical (unpaired) electrons. The van der Waals surface area contributed by atoms with Crippen molar-refractivity contribution in [2.24, 2.45) is 17.1 Å². The van der Waals surface area contributed by atoms with Gasteiger partial charge in [0.15, 0.2) is 0 Å². The summed E-state index contributed by atoms with van der Waals surface area (Å²) in [4.78, 5) is 11.0. The van der Waals surface area contributed by atoms with Crippen LogP contribution >= 0.6 is 11.8 Å². The Morgan fingerprint density at radius 1 is 1.39 bits per heavy atom. The zero-order valence-electron chi connectivity index (χ0n) is 12.2. The first kappa shape index (κ1) is 15.8. The molecule has 3 nitrogen and oxygen atoms in total. The normalized spacial score (nSPS) is 29.2. The van der Waals surface area contributed by atoms with E-state index in [-0.39, 0.29) is 5.91 Å². The molecular weight excluding hydrogens is 244 g/mol. The third kappa shape index (κ3) is 4.81. The van der Waals surface area contributed by atoms with Gasteiger partial charge >= 0.3 is 0 Å². The van der Waals surface area contributed by atoms with Crippen LogP contribution in [0.2, 0.25) is 0 Å². The lowest BCUT2D eigenvalue weighted by Crippen LogP contribution is -2.45. The second-order valence-corrected chi connectivity index (χ2v) is 7.58. The molecule has 1 saturated carbocycles. The molecule has 4 heteroatoms. The van der Waals surface area contributed by atoms with Gasteiger partial charge in [-0.05, 0) is 37.1 Å². The predicted octanol–water partition coefficient (Wildman–Crippen LogP) is 2.40. The Hall–Kier alpha value is -0.220. The quantitative estimate of drug-likeness (QED) is 0.808. The first-order chi connectivity index (χ1) is 8.34. The molecule has 1 fully saturated rings. The molecule has 0 saturated heterocycles. The number of hydrogen-bond donors (Lipinski definition) is 2. The maximum Gasteiger partial charge on any atom is 0.227 e. The summed E-state index contributed by atoms with van der Waals surface area (Å²) in [5, 5.41) is 4.08. The fraction of sp³-hybridized carbons (Fsp3) is 0.929. The molecule has 18 heavy (non-hydrogen) atoms. The van der Waals surface area contributed by atoms with E-state index >= 15 is 0 Å². The van der Waals surface area contributed by atoms with Crippen molar-refractivity contribution in [1.29, 1.82) is 0 Å². The number of rotatable bonds is 5. The van der Waals surface area contributed by atoms with E-state index in [0.717, 1.165) is 12.5 Å². The van der Waals surface area contributed by atoms with Gasteiger partial charge in [-0.1, -0.05) is 27.7 Å². The molecule has 3 atom stereocenters. The average Bonchev–Trinajstić information content (AvgIpc) is 2.26. The zero-order chi connectivity index (χ0) is 13.8. The average molecular weight is 272 g/mol. The van der Waals surface area contributed by atoms with Crippen molar-refractivity contribution < 1.29 is 4.79 Å². The fourth-order valence-electron chi connectivity index (χ4n) is 2.78. The third-order valence-corrected chi connectivity index (χ3v) is 5.32. The van der Waals surface area contributed by atoms with E-state index in [4.69, 9.17) is 5.73 Å². The van der Waals surface area contributed by atoms with Crippen molar-refractivity contribution in [2.75, 3.05) is 12.3 Å². The molecule has 0 aromatic carbocycles. The highest BCUT2D eigenvalue weighted by Crippen LogP contribution is 2.41. The standard InChI is InChI=1S/C14H28N2OS/c1-5-16-11-7-6-10(14(2,3)4)8-12(11)18-9-13(15)17/h10-12,16H,5-9H2,1-4H3,(H2,15,17). The SMILES string of the molecule is CCNC1CCC(C(C)(C)C)CC1SCC(N)=O. The first-order valence-electron chi connectivity index (χ1n) is 6.98. The van der Waals surface area contributed by atoms with Gasteiger partial charge in [-0.2, -0.15) is 0 Å². The van der Waals surface area contributed by atoms with Crippen LogP contribution in [0.4, 0.5) is 0 Å². The summed E-state index contributed by atoms with van der Waals surface area (Å²) in [6.45, 7) is 10.1. The predicted molar refractivity (Wildman–Crippen MR) is 79.7 cm³/mol. The number of hydrogen-bond acceptors (Lipinski definition) is 3. The molecule has 0 bridgehead atoms. The molecule has 3 N–H and O–H groups in total. The van der Waals surface area contributed by atoms with Crippen molar-refractivity contribution >= 4 is 17.7 Å². The van der Waals surface area contributed by atoms with Gasteiger partial charge in [-0.25, -0.2) is 0 Å². The molecule has 1 rings (SSSR count). The molecule has 0 aromatic heterocycles. The minimum absolute atomic E-state index is 0.201. The fourth-order valence-corrected chi connectivity index (χ4v) is 4.00. The lowest BCUT2D eigenvalue weighted by Gasteiger charge is -2.41. The number of nitrogens with two attached hydrogens (primary N) is 1. The lowest BCUT2D eigenvalue weighted by atomic mass is 9.71. The Bertz CT molecular complexity index is 275. The van der Waals surface area contributed by atoms with E-state index in [0.29, 0.717) is 22.5 Å². The Kier molecular flexibility index (Phi) is 5.99. The van der Waals surface area contributed by atoms with E-state index in [2.05, 4.69) is 33.0 Å². The molecule has 0 aliphatic heterocycles. The maximum atomic E-state index is 11.0. The van der Waals surface area contributed by atoms with Gasteiger partial charge in [0.2, 0.25) is 5.91 Å². The van der Waals surface area contributed by atoms with Crippen LogP contribution in [0.3, 0.4) is 0 Å². The number of thioether (sulfide) groups is 1. The van der Waals surface area contributed by atoms with Crippen LogP contribution in [0.1, 0.15) is 47.0 Å². The Balaban J connectivity index is 2.61. The number of nitrogens with one attached hydrogen (secondary N) is 1. The topological polar surface area (TPSA) is 55.1 Å². The van der Waals surface area contributed by atoms with Gasteiger partial charge in [-0.3, -0.25) is 4.79 Å². The monoisotopic (exact) mass is 272 g/mol. The summed E-state index contributed by atoms with van der Waals surface area (Å²) in [5.74, 6) is 0.995. The molecule has 106 valence electrons. The van der Waals surface area contributed by atoms with Crippen molar-refractivity contribution in [1.82, 2.24) is 5.32 Å². The van der Waals surface area contributed by atoms with Crippen LogP contribution in [0.25, 0.3) is 0 Å². The van der Waals surface area contributed by atoms with Gasteiger partial charge in [0, 0.05) is 11.3 Å². The summed E-state index contributed by atoms with van der Waals surface area (Å²) in [7, 11) is 0. The van der Waals surface area contributed by atoms with Crippen LogP contribution < -0.4 is 11.1 Å². The van der Waals surface area contributed by atoms with Crippen molar-refractivity contribution in [3.63, 3.8) is 0 Å². The minimum Gasteiger partial charge on any atom is -0.369 e. The first-order valence-corrected chi connectivity index (χ1v) is 8.02.